The minimum Gasteiger partial charge on any atom is -0.477 e. The van der Waals surface area contributed by atoms with Crippen LogP contribution in [0.2, 0.25) is 0 Å². The average Bonchev–Trinajstić information content (AvgIpc) is 3.59. The number of alkyl carbamates (subject to hydrolysis) is 1. The summed E-state index contributed by atoms with van der Waals surface area (Å²) >= 11 is 2.69. The van der Waals surface area contributed by atoms with Crippen LogP contribution in [0.3, 0.4) is 0 Å². The fourth-order valence-electron chi connectivity index (χ4n) is 9.38. The van der Waals surface area contributed by atoms with E-state index in [0.29, 0.717) is 22.8 Å². The van der Waals surface area contributed by atoms with Gasteiger partial charge in [-0.05, 0) is 142 Å². The molecule has 2 fully saturated rings. The molecule has 10 rings (SSSR count). The number of hydrogen-bond donors (Lipinski definition) is 5. The molecule has 19 nitrogen and oxygen atoms in total. The van der Waals surface area contributed by atoms with Crippen molar-refractivity contribution < 1.29 is 24.2 Å². The van der Waals surface area contributed by atoms with Gasteiger partial charge in [0.2, 0.25) is 0 Å². The summed E-state index contributed by atoms with van der Waals surface area (Å²) in [6.45, 7) is 31.2. The molecule has 2 aliphatic heterocycles. The zero-order valence-corrected chi connectivity index (χ0v) is 54.6. The standard InChI is InChI=1S/C31H37N7OS.C28H36N6O2.C8H11NO2S/c1-21-16-22(6-7-24(21)18-34-29(39)26-20-35-30(40-26)31(2,3)4)23-10-11-32-28(17-23)36-27-9-8-25(19-33-27)38-14-12-37(5)13-15-38;1-20-16-21(6-7-23(20)18-31-27(35)36-28(2,3)4)22-10-11-29-26(17-22)32-25-9-8-24(19-30-25)34-14-12-33(5)13-15-34;1-8(2,3)7-9-4-5(12-7)6(10)11/h6-11,16-17,19-20H,12-15,18H2,1-5H3,(H,34,39)(H,32,33,36);6-11,16-17,19H,12-15,18H2,1-5H3,(H,31,35)(H,29,30,32);4H,1-3H3,(H,10,11). The van der Waals surface area contributed by atoms with Crippen molar-refractivity contribution in [2.45, 2.75) is 106 Å². The van der Waals surface area contributed by atoms with Crippen molar-refractivity contribution in [1.29, 1.82) is 0 Å². The highest BCUT2D eigenvalue weighted by molar-refractivity contribution is 7.14. The summed E-state index contributed by atoms with van der Waals surface area (Å²) in [5.74, 6) is 2.01. The quantitative estimate of drug-likeness (QED) is 0.0683. The predicted molar refractivity (Wildman–Crippen MR) is 356 cm³/mol. The van der Waals surface area contributed by atoms with Crippen molar-refractivity contribution in [2.24, 2.45) is 0 Å². The number of carbonyl (C=O) groups excluding carboxylic acids is 2. The SMILES string of the molecule is CC(C)(C)c1ncc(C(=O)O)s1.Cc1cc(-c2ccnc(Nc3ccc(N4CCN(C)CC4)cn3)c2)ccc1CNC(=O)OC(C)(C)C.Cc1cc(-c2ccnc(Nc3ccc(N4CCN(C)CC4)cn3)c2)ccc1CNC(=O)c1cnc(C(C)(C)C)s1. The molecule has 8 heterocycles. The normalized spacial score (nSPS) is 14.0. The number of ether oxygens (including phenoxy) is 1. The summed E-state index contributed by atoms with van der Waals surface area (Å²) < 4.78 is 5.32. The first-order valence-corrected chi connectivity index (χ1v) is 31.2. The molecule has 0 unspecified atom stereocenters. The maximum atomic E-state index is 12.7. The van der Waals surface area contributed by atoms with Gasteiger partial charge in [-0.3, -0.25) is 4.79 Å². The summed E-state index contributed by atoms with van der Waals surface area (Å²) in [7, 11) is 4.32. The second kappa shape index (κ2) is 29.1. The molecule has 2 saturated heterocycles. The fraction of sp³-hybridized carbons (Fsp3) is 0.388. The van der Waals surface area contributed by atoms with E-state index in [1.165, 1.54) is 28.9 Å². The van der Waals surface area contributed by atoms with Crippen LogP contribution >= 0.6 is 22.7 Å². The zero-order chi connectivity index (χ0) is 63.3. The molecule has 0 aliphatic carbocycles. The number of likely N-dealkylation sites (N-methyl/N-ethyl adjacent to an activating group) is 2. The summed E-state index contributed by atoms with van der Waals surface area (Å²) in [5.41, 5.74) is 10.3. The van der Waals surface area contributed by atoms with E-state index < -0.39 is 17.7 Å². The Labute approximate surface area is 526 Å². The number of benzene rings is 2. The lowest BCUT2D eigenvalue weighted by atomic mass is 9.98. The monoisotopic (exact) mass is 1230 g/mol. The van der Waals surface area contributed by atoms with Gasteiger partial charge in [0.15, 0.2) is 0 Å². The van der Waals surface area contributed by atoms with Crippen LogP contribution in [0, 0.1) is 13.8 Å². The van der Waals surface area contributed by atoms with E-state index >= 15 is 0 Å². The molecular formula is C67H84N14O5S2. The van der Waals surface area contributed by atoms with Crippen LogP contribution in [0.4, 0.5) is 39.4 Å². The number of amides is 2. The molecule has 0 bridgehead atoms. The lowest BCUT2D eigenvalue weighted by molar-refractivity contribution is 0.0522. The number of aromatic carboxylic acids is 1. The van der Waals surface area contributed by atoms with Crippen molar-refractivity contribution in [3.8, 4) is 22.3 Å². The van der Waals surface area contributed by atoms with Crippen molar-refractivity contribution in [2.75, 3.05) is 86.9 Å². The minimum absolute atomic E-state index is 0.0572. The Morgan fingerprint density at radius 2 is 0.920 bits per heavy atom. The van der Waals surface area contributed by atoms with Crippen molar-refractivity contribution in [1.82, 2.24) is 50.3 Å². The van der Waals surface area contributed by atoms with Crippen molar-refractivity contribution in [3.05, 3.63) is 164 Å². The Balaban J connectivity index is 0.000000193. The number of nitrogens with one attached hydrogen (secondary N) is 4. The third kappa shape index (κ3) is 19.1. The van der Waals surface area contributed by atoms with Gasteiger partial charge in [-0.2, -0.15) is 0 Å². The molecule has 2 aromatic carbocycles. The predicted octanol–water partition coefficient (Wildman–Crippen LogP) is 12.7. The molecular weight excluding hydrogens is 1140 g/mol. The molecule has 0 atom stereocenters. The van der Waals surface area contributed by atoms with Gasteiger partial charge in [0.05, 0.1) is 46.2 Å². The third-order valence-corrected chi connectivity index (χ3v) is 17.4. The molecule has 8 aromatic rings. The Bertz CT molecular complexity index is 3630. The molecule has 5 N–H and O–H groups in total. The Morgan fingerprint density at radius 1 is 0.500 bits per heavy atom. The highest BCUT2D eigenvalue weighted by atomic mass is 32.1. The number of aryl methyl sites for hydroxylation is 2. The maximum Gasteiger partial charge on any atom is 0.407 e. The second-order valence-corrected chi connectivity index (χ2v) is 27.2. The minimum atomic E-state index is -0.900. The Kier molecular flexibility index (Phi) is 21.7. The number of piperazine rings is 2. The van der Waals surface area contributed by atoms with E-state index in [1.807, 2.05) is 103 Å². The number of carbonyl (C=O) groups is 3. The first kappa shape index (κ1) is 65.6. The Morgan fingerprint density at radius 3 is 1.30 bits per heavy atom. The van der Waals surface area contributed by atoms with Crippen LogP contribution < -0.4 is 31.1 Å². The van der Waals surface area contributed by atoms with Gasteiger partial charge in [-0.25, -0.2) is 39.5 Å². The lowest BCUT2D eigenvalue weighted by Gasteiger charge is -2.33. The van der Waals surface area contributed by atoms with E-state index in [4.69, 9.17) is 9.84 Å². The smallest absolute Gasteiger partial charge is 0.407 e. The van der Waals surface area contributed by atoms with Crippen LogP contribution in [-0.2, 0) is 28.7 Å². The number of nitrogens with zero attached hydrogens (tertiary/aromatic N) is 10. The molecule has 0 saturated carbocycles. The van der Waals surface area contributed by atoms with Crippen molar-refractivity contribution in [3.63, 3.8) is 0 Å². The lowest BCUT2D eigenvalue weighted by Crippen LogP contribution is -2.44. The molecule has 6 aromatic heterocycles. The van der Waals surface area contributed by atoms with E-state index in [2.05, 4.69) is 155 Å². The second-order valence-electron chi connectivity index (χ2n) is 25.2. The van der Waals surface area contributed by atoms with Gasteiger partial charge in [-0.15, -0.1) is 22.7 Å². The zero-order valence-electron chi connectivity index (χ0n) is 53.0. The summed E-state index contributed by atoms with van der Waals surface area (Å²) in [6, 6.07) is 28.8. The van der Waals surface area contributed by atoms with Crippen molar-refractivity contribution >= 4 is 75.3 Å². The number of rotatable bonds is 14. The van der Waals surface area contributed by atoms with E-state index in [1.54, 1.807) is 18.6 Å². The molecule has 2 aliphatic rings. The first-order chi connectivity index (χ1) is 41.7. The number of carboxylic acids is 1. The topological polar surface area (TPSA) is 219 Å². The highest BCUT2D eigenvalue weighted by Gasteiger charge is 2.23. The summed E-state index contributed by atoms with van der Waals surface area (Å²) in [4.78, 5) is 72.2. The van der Waals surface area contributed by atoms with Crippen LogP contribution in [-0.4, -0.2) is 135 Å². The molecule has 2 amide bonds. The number of pyridine rings is 4. The molecule has 88 heavy (non-hydrogen) atoms. The summed E-state index contributed by atoms with van der Waals surface area (Å²) in [5, 5.41) is 23.0. The fourth-order valence-corrected chi connectivity index (χ4v) is 11.1. The third-order valence-electron chi connectivity index (χ3n) is 14.6. The molecule has 21 heteroatoms. The number of aromatic nitrogens is 6. The van der Waals surface area contributed by atoms with Crippen LogP contribution in [0.1, 0.15) is 114 Å². The van der Waals surface area contributed by atoms with Gasteiger partial charge in [-0.1, -0.05) is 77.9 Å². The summed E-state index contributed by atoms with van der Waals surface area (Å²) in [6.07, 6.45) is 10.1. The number of carboxylic acid groups (broad SMARTS) is 1. The van der Waals surface area contributed by atoms with Gasteiger partial charge in [0.1, 0.15) is 38.6 Å². The first-order valence-electron chi connectivity index (χ1n) is 29.6. The van der Waals surface area contributed by atoms with Gasteiger partial charge in [0, 0.05) is 88.7 Å². The largest absolute Gasteiger partial charge is 0.477 e. The Hall–Kier alpha value is -8.37. The van der Waals surface area contributed by atoms with Gasteiger partial charge < -0.3 is 50.7 Å². The van der Waals surface area contributed by atoms with E-state index in [-0.39, 0.29) is 16.7 Å². The number of thiazole rings is 2. The molecule has 0 radical (unpaired) electrons. The van der Waals surface area contributed by atoms with Gasteiger partial charge in [0.25, 0.3) is 5.91 Å². The van der Waals surface area contributed by atoms with Crippen LogP contribution in [0.25, 0.3) is 22.3 Å². The van der Waals surface area contributed by atoms with E-state index in [0.717, 1.165) is 142 Å². The number of hydrogen-bond acceptors (Lipinski definition) is 18. The van der Waals surface area contributed by atoms with E-state index in [9.17, 15) is 14.4 Å². The molecule has 464 valence electrons. The number of anilines is 6. The molecule has 0 spiro atoms. The van der Waals surface area contributed by atoms with Crippen LogP contribution in [0.15, 0.2) is 122 Å². The van der Waals surface area contributed by atoms with Gasteiger partial charge >= 0.3 is 12.1 Å². The average molecular weight is 1230 g/mol. The maximum absolute atomic E-state index is 12.7. The van der Waals surface area contributed by atoms with Crippen LogP contribution in [0.5, 0.6) is 0 Å². The highest BCUT2D eigenvalue weighted by Crippen LogP contribution is 2.31.